The number of hydrogen-bond donors (Lipinski definition) is 2. The summed E-state index contributed by atoms with van der Waals surface area (Å²) in [6.45, 7) is 2.32. The first-order valence-corrected chi connectivity index (χ1v) is 6.30. The third kappa shape index (κ3) is 2.55. The summed E-state index contributed by atoms with van der Waals surface area (Å²) in [5.74, 6) is 0.529. The fourth-order valence-electron chi connectivity index (χ4n) is 2.35. The van der Waals surface area contributed by atoms with Crippen LogP contribution in [0.3, 0.4) is 0 Å². The van der Waals surface area contributed by atoms with Crippen molar-refractivity contribution in [2.75, 3.05) is 26.8 Å². The van der Waals surface area contributed by atoms with Gasteiger partial charge in [-0.25, -0.2) is 0 Å². The van der Waals surface area contributed by atoms with E-state index in [0.29, 0.717) is 0 Å². The highest BCUT2D eigenvalue weighted by molar-refractivity contribution is 5.79. The number of likely N-dealkylation sites (N-methyl/N-ethyl adjacent to an activating group) is 1. The Morgan fingerprint density at radius 2 is 2.06 bits per heavy atom. The first kappa shape index (κ1) is 11.9. The number of carbonyl (C=O) groups is 1. The highest BCUT2D eigenvalue weighted by Gasteiger charge is 2.32. The Morgan fingerprint density at radius 1 is 1.38 bits per heavy atom. The van der Waals surface area contributed by atoms with E-state index in [4.69, 9.17) is 4.74 Å². The Labute approximate surface area is 97.1 Å². The molecule has 0 unspecified atom stereocenters. The third-order valence-electron chi connectivity index (χ3n) is 4.06. The topological polar surface area (TPSA) is 50.4 Å². The molecule has 2 N–H and O–H groups in total. The average molecular weight is 226 g/mol. The molecule has 0 bridgehead atoms. The summed E-state index contributed by atoms with van der Waals surface area (Å²) in [5.41, 5.74) is 0.0532. The number of rotatable bonds is 4. The van der Waals surface area contributed by atoms with Crippen LogP contribution in [-0.2, 0) is 9.53 Å². The van der Waals surface area contributed by atoms with Crippen molar-refractivity contribution in [2.45, 2.75) is 37.6 Å². The van der Waals surface area contributed by atoms with Crippen LogP contribution < -0.4 is 10.6 Å². The summed E-state index contributed by atoms with van der Waals surface area (Å²) in [6, 6.07) is 0. The highest BCUT2D eigenvalue weighted by Crippen LogP contribution is 2.26. The largest absolute Gasteiger partial charge is 0.381 e. The summed E-state index contributed by atoms with van der Waals surface area (Å²) >= 11 is 0. The Bertz CT molecular complexity index is 245. The third-order valence-corrected chi connectivity index (χ3v) is 4.06. The van der Waals surface area contributed by atoms with Crippen LogP contribution in [0.1, 0.15) is 32.1 Å². The van der Waals surface area contributed by atoms with Gasteiger partial charge in [0.2, 0.25) is 5.91 Å². The summed E-state index contributed by atoms with van der Waals surface area (Å²) in [4.78, 5) is 11.8. The lowest BCUT2D eigenvalue weighted by Gasteiger charge is -2.38. The zero-order chi connectivity index (χ0) is 11.4. The van der Waals surface area contributed by atoms with Gasteiger partial charge in [-0.2, -0.15) is 0 Å². The van der Waals surface area contributed by atoms with Crippen LogP contribution in [0.2, 0.25) is 0 Å². The van der Waals surface area contributed by atoms with E-state index >= 15 is 0 Å². The molecule has 1 amide bonds. The monoisotopic (exact) mass is 226 g/mol. The van der Waals surface area contributed by atoms with Crippen LogP contribution in [0.15, 0.2) is 0 Å². The van der Waals surface area contributed by atoms with Gasteiger partial charge in [-0.3, -0.25) is 4.79 Å². The molecule has 0 aromatic heterocycles. The van der Waals surface area contributed by atoms with E-state index in [0.717, 1.165) is 45.4 Å². The Kier molecular flexibility index (Phi) is 3.82. The lowest BCUT2D eigenvalue weighted by Crippen LogP contribution is -2.56. The molecule has 0 atom stereocenters. The van der Waals surface area contributed by atoms with Crippen LogP contribution >= 0.6 is 0 Å². The molecule has 1 aliphatic carbocycles. The van der Waals surface area contributed by atoms with E-state index in [1.54, 1.807) is 0 Å². The molecule has 2 fully saturated rings. The van der Waals surface area contributed by atoms with Gasteiger partial charge < -0.3 is 15.4 Å². The molecule has 4 heteroatoms. The number of amides is 1. The smallest absolute Gasteiger partial charge is 0.223 e. The number of hydrogen-bond acceptors (Lipinski definition) is 3. The predicted octanol–water partition coefficient (Wildman–Crippen LogP) is 0.671. The molecular weight excluding hydrogens is 204 g/mol. The van der Waals surface area contributed by atoms with Crippen LogP contribution in [0.25, 0.3) is 0 Å². The maximum Gasteiger partial charge on any atom is 0.223 e. The van der Waals surface area contributed by atoms with E-state index in [1.165, 1.54) is 6.42 Å². The molecule has 1 saturated heterocycles. The van der Waals surface area contributed by atoms with Gasteiger partial charge in [0.25, 0.3) is 0 Å². The fraction of sp³-hybridized carbons (Fsp3) is 0.917. The van der Waals surface area contributed by atoms with E-state index in [9.17, 15) is 4.79 Å². The van der Waals surface area contributed by atoms with Gasteiger partial charge in [0.05, 0.1) is 0 Å². The van der Waals surface area contributed by atoms with Crippen molar-refractivity contribution in [2.24, 2.45) is 5.92 Å². The number of ether oxygens (including phenoxy) is 1. The van der Waals surface area contributed by atoms with Crippen LogP contribution in [-0.4, -0.2) is 38.3 Å². The second-order valence-electron chi connectivity index (χ2n) is 4.99. The van der Waals surface area contributed by atoms with Gasteiger partial charge >= 0.3 is 0 Å². The molecule has 0 aromatic rings. The fourth-order valence-corrected chi connectivity index (χ4v) is 2.35. The normalized spacial score (nSPS) is 24.8. The lowest BCUT2D eigenvalue weighted by molar-refractivity contribution is -0.127. The molecule has 0 aromatic carbocycles. The molecule has 2 rings (SSSR count). The summed E-state index contributed by atoms with van der Waals surface area (Å²) < 4.78 is 5.36. The Morgan fingerprint density at radius 3 is 2.56 bits per heavy atom. The van der Waals surface area contributed by atoms with Crippen LogP contribution in [0, 0.1) is 5.92 Å². The van der Waals surface area contributed by atoms with Crippen LogP contribution in [0.5, 0.6) is 0 Å². The van der Waals surface area contributed by atoms with Crippen molar-refractivity contribution in [3.05, 3.63) is 0 Å². The number of nitrogens with one attached hydrogen (secondary N) is 2. The minimum absolute atomic E-state index is 0.0532. The maximum absolute atomic E-state index is 11.8. The molecule has 0 spiro atoms. The predicted molar refractivity (Wildman–Crippen MR) is 62.2 cm³/mol. The SMILES string of the molecule is CNC1(CNC(=O)C2CCC2)CCOCC1. The Balaban J connectivity index is 1.79. The van der Waals surface area contributed by atoms with Crippen molar-refractivity contribution < 1.29 is 9.53 Å². The van der Waals surface area contributed by atoms with Gasteiger partial charge in [-0.1, -0.05) is 6.42 Å². The van der Waals surface area contributed by atoms with Crippen molar-refractivity contribution >= 4 is 5.91 Å². The van der Waals surface area contributed by atoms with Crippen molar-refractivity contribution in [1.82, 2.24) is 10.6 Å². The average Bonchev–Trinajstić information content (AvgIpc) is 2.25. The van der Waals surface area contributed by atoms with Crippen molar-refractivity contribution in [1.29, 1.82) is 0 Å². The molecule has 4 nitrogen and oxygen atoms in total. The lowest BCUT2D eigenvalue weighted by atomic mass is 9.84. The molecule has 16 heavy (non-hydrogen) atoms. The molecule has 92 valence electrons. The molecule has 0 radical (unpaired) electrons. The van der Waals surface area contributed by atoms with Gasteiger partial charge in [-0.15, -0.1) is 0 Å². The Hall–Kier alpha value is -0.610. The van der Waals surface area contributed by atoms with Crippen LogP contribution in [0.4, 0.5) is 0 Å². The second-order valence-corrected chi connectivity index (χ2v) is 4.99. The summed E-state index contributed by atoms with van der Waals surface area (Å²) in [5, 5.41) is 6.44. The second kappa shape index (κ2) is 5.15. The molecule has 2 aliphatic rings. The minimum Gasteiger partial charge on any atom is -0.381 e. The first-order chi connectivity index (χ1) is 7.76. The van der Waals surface area contributed by atoms with E-state index in [1.807, 2.05) is 7.05 Å². The highest BCUT2D eigenvalue weighted by atomic mass is 16.5. The van der Waals surface area contributed by atoms with Crippen molar-refractivity contribution in [3.8, 4) is 0 Å². The molecule has 1 heterocycles. The van der Waals surface area contributed by atoms with Gasteiger partial charge in [0.1, 0.15) is 0 Å². The summed E-state index contributed by atoms with van der Waals surface area (Å²) in [6.07, 6.45) is 5.31. The summed E-state index contributed by atoms with van der Waals surface area (Å²) in [7, 11) is 1.97. The standard InChI is InChI=1S/C12H22N2O2/c1-13-12(5-7-16-8-6-12)9-14-11(15)10-3-2-4-10/h10,13H,2-9H2,1H3,(H,14,15). The molecule has 1 saturated carbocycles. The van der Waals surface area contributed by atoms with Crippen molar-refractivity contribution in [3.63, 3.8) is 0 Å². The quantitative estimate of drug-likeness (QED) is 0.741. The van der Waals surface area contributed by atoms with E-state index in [2.05, 4.69) is 10.6 Å². The molecular formula is C12H22N2O2. The van der Waals surface area contributed by atoms with E-state index in [-0.39, 0.29) is 17.4 Å². The molecule has 1 aliphatic heterocycles. The van der Waals surface area contributed by atoms with Gasteiger partial charge in [-0.05, 0) is 32.7 Å². The first-order valence-electron chi connectivity index (χ1n) is 6.30. The van der Waals surface area contributed by atoms with Gasteiger partial charge in [0, 0.05) is 31.2 Å². The zero-order valence-electron chi connectivity index (χ0n) is 10.1. The van der Waals surface area contributed by atoms with E-state index < -0.39 is 0 Å². The number of carbonyl (C=O) groups excluding carboxylic acids is 1. The zero-order valence-corrected chi connectivity index (χ0v) is 10.1. The van der Waals surface area contributed by atoms with Gasteiger partial charge in [0.15, 0.2) is 0 Å². The minimum atomic E-state index is 0.0532. The maximum atomic E-state index is 11.8.